The molecule has 1 aliphatic heterocycles. The smallest absolute Gasteiger partial charge is 0.276 e. The summed E-state index contributed by atoms with van der Waals surface area (Å²) >= 11 is 3.46. The van der Waals surface area contributed by atoms with Gasteiger partial charge in [0.15, 0.2) is 5.69 Å². The van der Waals surface area contributed by atoms with Crippen LogP contribution >= 0.6 is 15.9 Å². The van der Waals surface area contributed by atoms with Crippen LogP contribution in [0.1, 0.15) is 60.6 Å². The molecule has 1 N–H and O–H groups in total. The number of halogens is 1. The highest BCUT2D eigenvalue weighted by molar-refractivity contribution is 9.10. The van der Waals surface area contributed by atoms with Gasteiger partial charge < -0.3 is 10.2 Å². The highest BCUT2D eigenvalue weighted by Gasteiger charge is 2.37. The quantitative estimate of drug-likeness (QED) is 0.700. The summed E-state index contributed by atoms with van der Waals surface area (Å²) in [7, 11) is 0. The van der Waals surface area contributed by atoms with Crippen LogP contribution in [0.3, 0.4) is 0 Å². The summed E-state index contributed by atoms with van der Waals surface area (Å²) < 4.78 is 2.80. The molecule has 3 fully saturated rings. The van der Waals surface area contributed by atoms with E-state index in [1.165, 1.54) is 12.8 Å². The van der Waals surface area contributed by atoms with Crippen LogP contribution in [0.15, 0.2) is 28.7 Å². The van der Waals surface area contributed by atoms with Gasteiger partial charge in [-0.05, 0) is 68.7 Å². The maximum absolute atomic E-state index is 13.4. The highest BCUT2D eigenvalue weighted by atomic mass is 79.9. The van der Waals surface area contributed by atoms with Crippen LogP contribution in [0.25, 0.3) is 5.69 Å². The van der Waals surface area contributed by atoms with Crippen molar-refractivity contribution in [1.82, 2.24) is 25.2 Å². The van der Waals surface area contributed by atoms with Gasteiger partial charge in [-0.15, -0.1) is 5.10 Å². The predicted molar refractivity (Wildman–Crippen MR) is 115 cm³/mol. The monoisotopic (exact) mass is 471 g/mol. The first-order valence-corrected chi connectivity index (χ1v) is 11.7. The van der Waals surface area contributed by atoms with Crippen LogP contribution in [0.4, 0.5) is 0 Å². The summed E-state index contributed by atoms with van der Waals surface area (Å²) in [6.45, 7) is 1.90. The van der Waals surface area contributed by atoms with Gasteiger partial charge in [-0.25, -0.2) is 4.68 Å². The number of carbonyl (C=O) groups excluding carboxylic acids is 2. The van der Waals surface area contributed by atoms with Gasteiger partial charge in [0.25, 0.3) is 5.91 Å². The second-order valence-corrected chi connectivity index (χ2v) is 9.68. The Bertz CT molecular complexity index is 949. The molecule has 8 heteroatoms. The third-order valence-corrected chi connectivity index (χ3v) is 6.81. The molecule has 5 rings (SSSR count). The van der Waals surface area contributed by atoms with Crippen LogP contribution in [0.5, 0.6) is 0 Å². The molecule has 0 spiro atoms. The molecule has 1 atom stereocenters. The third kappa shape index (κ3) is 4.15. The Hall–Kier alpha value is -2.22. The van der Waals surface area contributed by atoms with Gasteiger partial charge in [0.05, 0.1) is 17.3 Å². The highest BCUT2D eigenvalue weighted by Crippen LogP contribution is 2.42. The molecule has 2 amide bonds. The van der Waals surface area contributed by atoms with E-state index in [2.05, 4.69) is 31.6 Å². The fourth-order valence-electron chi connectivity index (χ4n) is 4.17. The predicted octanol–water partition coefficient (Wildman–Crippen LogP) is 3.29. The average molecular weight is 472 g/mol. The lowest BCUT2D eigenvalue weighted by atomic mass is 9.96. The summed E-state index contributed by atoms with van der Waals surface area (Å²) in [4.78, 5) is 27.7. The number of piperidine rings is 1. The summed E-state index contributed by atoms with van der Waals surface area (Å²) in [5, 5.41) is 11.7. The summed E-state index contributed by atoms with van der Waals surface area (Å²) in [6, 6.07) is 7.87. The molecule has 2 aromatic rings. The fourth-order valence-corrected chi connectivity index (χ4v) is 4.44. The van der Waals surface area contributed by atoms with E-state index in [1.807, 2.05) is 24.3 Å². The molecule has 1 aromatic carbocycles. The Labute approximate surface area is 184 Å². The SMILES string of the molecule is O=C(NCC1CC1)C1CCCN(C(=O)c2nnn(-c3ccc(Br)cc3)c2C2CC2)C1. The zero-order valence-electron chi connectivity index (χ0n) is 16.9. The lowest BCUT2D eigenvalue weighted by molar-refractivity contribution is -0.126. The molecule has 158 valence electrons. The molecule has 7 nitrogen and oxygen atoms in total. The molecule has 2 heterocycles. The number of aromatic nitrogens is 3. The van der Waals surface area contributed by atoms with Crippen molar-refractivity contribution in [2.45, 2.75) is 44.4 Å². The first-order chi connectivity index (χ1) is 14.6. The molecule has 30 heavy (non-hydrogen) atoms. The second-order valence-electron chi connectivity index (χ2n) is 8.76. The summed E-state index contributed by atoms with van der Waals surface area (Å²) in [5.74, 6) is 0.836. The van der Waals surface area contributed by atoms with E-state index in [1.54, 1.807) is 9.58 Å². The van der Waals surface area contributed by atoms with Crippen molar-refractivity contribution < 1.29 is 9.59 Å². The van der Waals surface area contributed by atoms with E-state index in [0.29, 0.717) is 30.6 Å². The molecule has 0 bridgehead atoms. The number of hydrogen-bond acceptors (Lipinski definition) is 4. The Morgan fingerprint density at radius 1 is 1.10 bits per heavy atom. The maximum atomic E-state index is 13.4. The molecule has 1 unspecified atom stereocenters. The van der Waals surface area contributed by atoms with E-state index in [9.17, 15) is 9.59 Å². The Morgan fingerprint density at radius 2 is 1.87 bits per heavy atom. The Morgan fingerprint density at radius 3 is 2.57 bits per heavy atom. The maximum Gasteiger partial charge on any atom is 0.276 e. The van der Waals surface area contributed by atoms with Crippen molar-refractivity contribution in [3.05, 3.63) is 40.1 Å². The molecule has 2 saturated carbocycles. The van der Waals surface area contributed by atoms with Crippen molar-refractivity contribution in [1.29, 1.82) is 0 Å². The fraction of sp³-hybridized carbons (Fsp3) is 0.545. The Balaban J connectivity index is 1.34. The minimum absolute atomic E-state index is 0.0836. The number of rotatable bonds is 6. The summed E-state index contributed by atoms with van der Waals surface area (Å²) in [6.07, 6.45) is 6.21. The van der Waals surface area contributed by atoms with Crippen molar-refractivity contribution in [3.8, 4) is 5.69 Å². The van der Waals surface area contributed by atoms with Gasteiger partial charge in [-0.1, -0.05) is 21.1 Å². The van der Waals surface area contributed by atoms with Gasteiger partial charge in [0.2, 0.25) is 5.91 Å². The zero-order valence-corrected chi connectivity index (χ0v) is 18.5. The van der Waals surface area contributed by atoms with Gasteiger partial charge in [0, 0.05) is 30.0 Å². The van der Waals surface area contributed by atoms with E-state index in [-0.39, 0.29) is 17.7 Å². The molecular formula is C22H26BrN5O2. The van der Waals surface area contributed by atoms with E-state index >= 15 is 0 Å². The van der Waals surface area contributed by atoms with Crippen LogP contribution in [0.2, 0.25) is 0 Å². The molecule has 1 aromatic heterocycles. The number of likely N-dealkylation sites (tertiary alicyclic amines) is 1. The molecular weight excluding hydrogens is 446 g/mol. The average Bonchev–Trinajstić information content (AvgIpc) is 3.71. The van der Waals surface area contributed by atoms with Crippen LogP contribution < -0.4 is 5.32 Å². The zero-order chi connectivity index (χ0) is 20.7. The van der Waals surface area contributed by atoms with Gasteiger partial charge >= 0.3 is 0 Å². The van der Waals surface area contributed by atoms with Gasteiger partial charge in [-0.2, -0.15) is 0 Å². The van der Waals surface area contributed by atoms with E-state index < -0.39 is 0 Å². The number of amides is 2. The topological polar surface area (TPSA) is 80.1 Å². The number of carbonyl (C=O) groups is 2. The first kappa shape index (κ1) is 19.7. The lowest BCUT2D eigenvalue weighted by Crippen LogP contribution is -2.46. The number of nitrogens with one attached hydrogen (secondary N) is 1. The third-order valence-electron chi connectivity index (χ3n) is 6.28. The standard InChI is InChI=1S/C22H26BrN5O2/c23-17-7-9-18(10-8-17)28-20(15-5-6-15)19(25-26-28)22(30)27-11-1-2-16(13-27)21(29)24-12-14-3-4-14/h7-10,14-16H,1-6,11-13H2,(H,24,29). The minimum atomic E-state index is -0.132. The molecule has 2 aliphatic carbocycles. The number of hydrogen-bond donors (Lipinski definition) is 1. The van der Waals surface area contributed by atoms with Crippen molar-refractivity contribution in [2.24, 2.45) is 11.8 Å². The van der Waals surface area contributed by atoms with Crippen molar-refractivity contribution in [3.63, 3.8) is 0 Å². The first-order valence-electron chi connectivity index (χ1n) is 10.9. The minimum Gasteiger partial charge on any atom is -0.356 e. The Kier molecular flexibility index (Phi) is 5.35. The van der Waals surface area contributed by atoms with Gasteiger partial charge in [-0.3, -0.25) is 9.59 Å². The summed E-state index contributed by atoms with van der Waals surface area (Å²) in [5.41, 5.74) is 2.25. The molecule has 1 saturated heterocycles. The molecule has 3 aliphatic rings. The van der Waals surface area contributed by atoms with Crippen molar-refractivity contribution in [2.75, 3.05) is 19.6 Å². The number of nitrogens with zero attached hydrogens (tertiary/aromatic N) is 4. The normalized spacial score (nSPS) is 21.5. The van der Waals surface area contributed by atoms with E-state index in [0.717, 1.165) is 48.1 Å². The lowest BCUT2D eigenvalue weighted by Gasteiger charge is -2.31. The number of benzene rings is 1. The van der Waals surface area contributed by atoms with Crippen LogP contribution in [-0.2, 0) is 4.79 Å². The largest absolute Gasteiger partial charge is 0.356 e. The van der Waals surface area contributed by atoms with Crippen LogP contribution in [-0.4, -0.2) is 51.3 Å². The van der Waals surface area contributed by atoms with Gasteiger partial charge in [0.1, 0.15) is 0 Å². The second kappa shape index (κ2) is 8.13. The van der Waals surface area contributed by atoms with Crippen molar-refractivity contribution >= 4 is 27.7 Å². The van der Waals surface area contributed by atoms with E-state index in [4.69, 9.17) is 0 Å². The van der Waals surface area contributed by atoms with Crippen LogP contribution in [0, 0.1) is 11.8 Å². The molecule has 0 radical (unpaired) electrons.